The van der Waals surface area contributed by atoms with Gasteiger partial charge >= 0.3 is 0 Å². The number of piperazine rings is 1. The molecule has 2 aromatic carbocycles. The van der Waals surface area contributed by atoms with Crippen LogP contribution in [0.1, 0.15) is 27.0 Å². The molecule has 1 fully saturated rings. The quantitative estimate of drug-likeness (QED) is 0.646. The number of hydrogen-bond donors (Lipinski definition) is 2. The van der Waals surface area contributed by atoms with Crippen LogP contribution in [-0.2, 0) is 6.54 Å². The van der Waals surface area contributed by atoms with Crippen LogP contribution in [0.25, 0.3) is 0 Å². The van der Waals surface area contributed by atoms with E-state index >= 15 is 0 Å². The summed E-state index contributed by atoms with van der Waals surface area (Å²) in [6.45, 7) is 3.85. The first-order chi connectivity index (χ1) is 14.6. The third kappa shape index (κ3) is 4.55. The van der Waals surface area contributed by atoms with E-state index in [-0.39, 0.29) is 5.91 Å². The summed E-state index contributed by atoms with van der Waals surface area (Å²) in [5.41, 5.74) is 9.68. The van der Waals surface area contributed by atoms with Crippen LogP contribution in [-0.4, -0.2) is 52.6 Å². The molecule has 0 aliphatic carbocycles. The number of carbonyl (C=O) groups excluding carboxylic acids is 1. The zero-order valence-electron chi connectivity index (χ0n) is 16.8. The van der Waals surface area contributed by atoms with Crippen molar-refractivity contribution in [3.05, 3.63) is 95.2 Å². The normalized spacial score (nSPS) is 14.5. The summed E-state index contributed by atoms with van der Waals surface area (Å²) >= 11 is 0. The molecule has 6 heteroatoms. The second kappa shape index (κ2) is 8.88. The van der Waals surface area contributed by atoms with Crippen LogP contribution in [0.15, 0.2) is 72.9 Å². The number of anilines is 1. The van der Waals surface area contributed by atoms with Crippen LogP contribution in [0.4, 0.5) is 5.82 Å². The van der Waals surface area contributed by atoms with Gasteiger partial charge in [-0.05, 0) is 35.4 Å². The number of pyridine rings is 1. The number of benzene rings is 2. The number of nitrogens with one attached hydrogen (secondary N) is 1. The highest BCUT2D eigenvalue weighted by Gasteiger charge is 2.22. The molecule has 152 valence electrons. The molecule has 0 atom stereocenters. The minimum Gasteiger partial charge on any atom is -0.384 e. The van der Waals surface area contributed by atoms with Crippen molar-refractivity contribution in [1.82, 2.24) is 14.8 Å². The Morgan fingerprint density at radius 1 is 0.900 bits per heavy atom. The summed E-state index contributed by atoms with van der Waals surface area (Å²) in [4.78, 5) is 21.1. The number of carbonyl (C=O) groups is 1. The Morgan fingerprint density at radius 2 is 1.53 bits per heavy atom. The van der Waals surface area contributed by atoms with Gasteiger partial charge in [0.25, 0.3) is 5.91 Å². The highest BCUT2D eigenvalue weighted by atomic mass is 16.2. The van der Waals surface area contributed by atoms with Gasteiger partial charge in [0.2, 0.25) is 0 Å². The Balaban J connectivity index is 1.34. The van der Waals surface area contributed by atoms with Gasteiger partial charge < -0.3 is 10.6 Å². The monoisotopic (exact) mass is 399 g/mol. The van der Waals surface area contributed by atoms with Crippen molar-refractivity contribution in [2.45, 2.75) is 6.54 Å². The van der Waals surface area contributed by atoms with Crippen LogP contribution in [0.5, 0.6) is 0 Å². The molecule has 0 radical (unpaired) electrons. The Labute approximate surface area is 176 Å². The smallest absolute Gasteiger partial charge is 0.253 e. The van der Waals surface area contributed by atoms with Crippen LogP contribution >= 0.6 is 0 Å². The van der Waals surface area contributed by atoms with Gasteiger partial charge in [-0.25, -0.2) is 4.98 Å². The van der Waals surface area contributed by atoms with Gasteiger partial charge in [-0.3, -0.25) is 15.1 Å². The maximum absolute atomic E-state index is 12.9. The molecule has 1 amide bonds. The number of rotatable bonds is 5. The Kier molecular flexibility index (Phi) is 5.86. The minimum atomic E-state index is 0.0422. The van der Waals surface area contributed by atoms with Crippen molar-refractivity contribution in [3.63, 3.8) is 0 Å². The number of aromatic nitrogens is 1. The van der Waals surface area contributed by atoms with Gasteiger partial charge in [0.1, 0.15) is 5.82 Å². The van der Waals surface area contributed by atoms with E-state index in [2.05, 4.69) is 9.88 Å². The van der Waals surface area contributed by atoms with Gasteiger partial charge in [-0.2, -0.15) is 0 Å². The summed E-state index contributed by atoms with van der Waals surface area (Å²) in [7, 11) is 0. The predicted molar refractivity (Wildman–Crippen MR) is 119 cm³/mol. The van der Waals surface area contributed by atoms with Crippen LogP contribution in [0.3, 0.4) is 0 Å². The molecule has 0 unspecified atom stereocenters. The topological polar surface area (TPSA) is 86.3 Å². The maximum atomic E-state index is 12.9. The van der Waals surface area contributed by atoms with Crippen molar-refractivity contribution in [2.24, 2.45) is 0 Å². The number of amides is 1. The fourth-order valence-electron chi connectivity index (χ4n) is 3.69. The molecular weight excluding hydrogens is 374 g/mol. The van der Waals surface area contributed by atoms with Gasteiger partial charge in [-0.15, -0.1) is 0 Å². The molecule has 6 nitrogen and oxygen atoms in total. The summed E-state index contributed by atoms with van der Waals surface area (Å²) < 4.78 is 0. The van der Waals surface area contributed by atoms with E-state index in [1.807, 2.05) is 71.6 Å². The lowest BCUT2D eigenvalue weighted by atomic mass is 10.0. The molecule has 1 saturated heterocycles. The fourth-order valence-corrected chi connectivity index (χ4v) is 3.69. The van der Waals surface area contributed by atoms with E-state index in [1.54, 1.807) is 6.20 Å². The standard InChI is InChI=1S/C24H25N5O/c25-22-16-18(10-11-27-22)17-28-12-14-29(15-13-28)24(30)21-8-6-20(7-9-21)23(26)19-4-2-1-3-5-19/h1-11,16,26H,12-15,17H2,(H2,25,27). The Hall–Kier alpha value is -3.51. The van der Waals surface area contributed by atoms with Gasteiger partial charge in [0, 0.05) is 50.0 Å². The summed E-state index contributed by atoms with van der Waals surface area (Å²) in [5.74, 6) is 0.575. The first kappa shape index (κ1) is 19.8. The third-order valence-corrected chi connectivity index (χ3v) is 5.39. The first-order valence-corrected chi connectivity index (χ1v) is 10.1. The van der Waals surface area contributed by atoms with E-state index in [0.717, 1.165) is 36.3 Å². The fraction of sp³-hybridized carbons (Fsp3) is 0.208. The maximum Gasteiger partial charge on any atom is 0.253 e. The summed E-state index contributed by atoms with van der Waals surface area (Å²) in [6.07, 6.45) is 1.73. The average Bonchev–Trinajstić information content (AvgIpc) is 2.79. The SMILES string of the molecule is N=C(c1ccccc1)c1ccc(C(=O)N2CCN(Cc3ccnc(N)c3)CC2)cc1. The second-order valence-electron chi connectivity index (χ2n) is 7.48. The van der Waals surface area contributed by atoms with Gasteiger partial charge in [0.05, 0.1) is 5.71 Å². The zero-order chi connectivity index (χ0) is 20.9. The van der Waals surface area contributed by atoms with E-state index < -0.39 is 0 Å². The van der Waals surface area contributed by atoms with Crippen molar-refractivity contribution >= 4 is 17.4 Å². The molecule has 1 aliphatic rings. The van der Waals surface area contributed by atoms with Crippen molar-refractivity contribution < 1.29 is 4.79 Å². The van der Waals surface area contributed by atoms with Gasteiger partial charge in [0.15, 0.2) is 0 Å². The lowest BCUT2D eigenvalue weighted by Gasteiger charge is -2.34. The van der Waals surface area contributed by atoms with Crippen LogP contribution in [0, 0.1) is 5.41 Å². The molecule has 30 heavy (non-hydrogen) atoms. The molecule has 3 N–H and O–H groups in total. The molecular formula is C24H25N5O. The number of nitrogen functional groups attached to an aromatic ring is 1. The van der Waals surface area contributed by atoms with Gasteiger partial charge in [-0.1, -0.05) is 42.5 Å². The third-order valence-electron chi connectivity index (χ3n) is 5.39. The molecule has 4 rings (SSSR count). The largest absolute Gasteiger partial charge is 0.384 e. The molecule has 3 aromatic rings. The number of nitrogens with two attached hydrogens (primary N) is 1. The Bertz CT molecular complexity index is 1020. The molecule has 0 bridgehead atoms. The first-order valence-electron chi connectivity index (χ1n) is 10.1. The molecule has 1 aliphatic heterocycles. The van der Waals surface area contributed by atoms with E-state index in [0.29, 0.717) is 30.2 Å². The van der Waals surface area contributed by atoms with E-state index in [1.165, 1.54) is 0 Å². The number of nitrogens with zero attached hydrogens (tertiary/aromatic N) is 3. The van der Waals surface area contributed by atoms with E-state index in [4.69, 9.17) is 11.1 Å². The van der Waals surface area contributed by atoms with E-state index in [9.17, 15) is 4.79 Å². The molecule has 0 saturated carbocycles. The summed E-state index contributed by atoms with van der Waals surface area (Å²) in [5, 5.41) is 8.36. The lowest BCUT2D eigenvalue weighted by molar-refractivity contribution is 0.0628. The number of hydrogen-bond acceptors (Lipinski definition) is 5. The highest BCUT2D eigenvalue weighted by Crippen LogP contribution is 2.15. The Morgan fingerprint density at radius 3 is 2.20 bits per heavy atom. The highest BCUT2D eigenvalue weighted by molar-refractivity contribution is 6.11. The van der Waals surface area contributed by atoms with Crippen LogP contribution in [0.2, 0.25) is 0 Å². The minimum absolute atomic E-state index is 0.0422. The predicted octanol–water partition coefficient (Wildman–Crippen LogP) is 3.04. The zero-order valence-corrected chi connectivity index (χ0v) is 16.8. The van der Waals surface area contributed by atoms with Crippen molar-refractivity contribution in [1.29, 1.82) is 5.41 Å². The summed E-state index contributed by atoms with van der Waals surface area (Å²) in [6, 6.07) is 20.8. The van der Waals surface area contributed by atoms with Crippen molar-refractivity contribution in [3.8, 4) is 0 Å². The molecule has 2 heterocycles. The molecule has 0 spiro atoms. The lowest BCUT2D eigenvalue weighted by Crippen LogP contribution is -2.48. The molecule has 1 aromatic heterocycles. The second-order valence-corrected chi connectivity index (χ2v) is 7.48. The average molecular weight is 399 g/mol. The van der Waals surface area contributed by atoms with Crippen molar-refractivity contribution in [2.75, 3.05) is 31.9 Å². The van der Waals surface area contributed by atoms with Crippen LogP contribution < -0.4 is 5.73 Å².